The van der Waals surface area contributed by atoms with E-state index in [9.17, 15) is 0 Å². The van der Waals surface area contributed by atoms with Crippen LogP contribution in [0.25, 0.3) is 0 Å². The molecule has 1 heterocycles. The first-order valence-electron chi connectivity index (χ1n) is 6.56. The maximum Gasteiger partial charge on any atom is 0.135 e. The minimum Gasteiger partial charge on any atom is -0.353 e. The molecule has 19 heavy (non-hydrogen) atoms. The average molecular weight is 316 g/mol. The van der Waals surface area contributed by atoms with Gasteiger partial charge < -0.3 is 4.74 Å². The van der Waals surface area contributed by atoms with E-state index < -0.39 is 0 Å². The van der Waals surface area contributed by atoms with Crippen LogP contribution in [-0.2, 0) is 11.2 Å². The van der Waals surface area contributed by atoms with E-state index in [-0.39, 0.29) is 12.3 Å². The van der Waals surface area contributed by atoms with Crippen molar-refractivity contribution in [2.24, 2.45) is 0 Å². The number of ether oxygens (including phenoxy) is 1. The molecular weight excluding hydrogens is 302 g/mol. The normalized spacial score (nSPS) is 28.2. The SMILES string of the molecule is Brc1cccc(C2N[C@@H]3c4ccccc4C[C@@H]3O2)c1. The minimum absolute atomic E-state index is 0.000793. The van der Waals surface area contributed by atoms with Gasteiger partial charge in [0.25, 0.3) is 0 Å². The molecule has 2 nitrogen and oxygen atoms in total. The van der Waals surface area contributed by atoms with Gasteiger partial charge in [0.2, 0.25) is 0 Å². The van der Waals surface area contributed by atoms with E-state index in [0.29, 0.717) is 6.04 Å². The van der Waals surface area contributed by atoms with Gasteiger partial charge in [0.05, 0.1) is 12.1 Å². The first-order chi connectivity index (χ1) is 9.31. The van der Waals surface area contributed by atoms with Gasteiger partial charge in [-0.15, -0.1) is 0 Å². The van der Waals surface area contributed by atoms with Crippen LogP contribution in [0.3, 0.4) is 0 Å². The van der Waals surface area contributed by atoms with E-state index in [2.05, 4.69) is 57.6 Å². The molecule has 1 fully saturated rings. The van der Waals surface area contributed by atoms with Crippen LogP contribution < -0.4 is 5.32 Å². The summed E-state index contributed by atoms with van der Waals surface area (Å²) >= 11 is 3.51. The summed E-state index contributed by atoms with van der Waals surface area (Å²) in [5.74, 6) is 0. The molecule has 96 valence electrons. The van der Waals surface area contributed by atoms with Crippen molar-refractivity contribution >= 4 is 15.9 Å². The smallest absolute Gasteiger partial charge is 0.135 e. The third-order valence-corrected chi connectivity index (χ3v) is 4.47. The largest absolute Gasteiger partial charge is 0.353 e. The maximum atomic E-state index is 6.18. The maximum absolute atomic E-state index is 6.18. The van der Waals surface area contributed by atoms with Crippen LogP contribution >= 0.6 is 15.9 Å². The predicted octanol–water partition coefficient (Wildman–Crippen LogP) is 3.73. The van der Waals surface area contributed by atoms with Crippen LogP contribution in [0.15, 0.2) is 53.0 Å². The summed E-state index contributed by atoms with van der Waals surface area (Å²) in [7, 11) is 0. The first-order valence-corrected chi connectivity index (χ1v) is 7.35. The molecule has 0 radical (unpaired) electrons. The van der Waals surface area contributed by atoms with E-state index in [0.717, 1.165) is 10.9 Å². The molecular formula is C16H14BrNO. The second kappa shape index (κ2) is 4.44. The highest BCUT2D eigenvalue weighted by molar-refractivity contribution is 9.10. The number of hydrogen-bond donors (Lipinski definition) is 1. The fourth-order valence-corrected chi connectivity index (χ4v) is 3.52. The van der Waals surface area contributed by atoms with Gasteiger partial charge in [-0.1, -0.05) is 52.3 Å². The van der Waals surface area contributed by atoms with Crippen molar-refractivity contribution in [2.75, 3.05) is 0 Å². The predicted molar refractivity (Wildman–Crippen MR) is 77.8 cm³/mol. The minimum atomic E-state index is 0.000793. The molecule has 1 unspecified atom stereocenters. The van der Waals surface area contributed by atoms with E-state index in [1.165, 1.54) is 16.7 Å². The van der Waals surface area contributed by atoms with Crippen molar-refractivity contribution in [3.05, 3.63) is 69.7 Å². The molecule has 4 rings (SSSR count). The summed E-state index contributed by atoms with van der Waals surface area (Å²) in [4.78, 5) is 0. The highest BCUT2D eigenvalue weighted by atomic mass is 79.9. The van der Waals surface area contributed by atoms with Gasteiger partial charge in [0.15, 0.2) is 0 Å². The number of hydrogen-bond acceptors (Lipinski definition) is 2. The Kier molecular flexibility index (Phi) is 2.72. The van der Waals surface area contributed by atoms with Crippen LogP contribution in [0.5, 0.6) is 0 Å². The number of rotatable bonds is 1. The molecule has 1 N–H and O–H groups in total. The van der Waals surface area contributed by atoms with Gasteiger partial charge in [0.1, 0.15) is 6.23 Å². The van der Waals surface area contributed by atoms with E-state index in [1.54, 1.807) is 0 Å². The van der Waals surface area contributed by atoms with Crippen molar-refractivity contribution in [2.45, 2.75) is 24.8 Å². The lowest BCUT2D eigenvalue weighted by atomic mass is 10.1. The summed E-state index contributed by atoms with van der Waals surface area (Å²) in [5, 5.41) is 3.61. The molecule has 3 atom stereocenters. The van der Waals surface area contributed by atoms with E-state index in [1.807, 2.05) is 12.1 Å². The van der Waals surface area contributed by atoms with Crippen molar-refractivity contribution in [3.8, 4) is 0 Å². The monoisotopic (exact) mass is 315 g/mol. The Bertz CT molecular complexity index is 628. The van der Waals surface area contributed by atoms with Gasteiger partial charge in [-0.25, -0.2) is 0 Å². The Morgan fingerprint density at radius 2 is 2.00 bits per heavy atom. The number of fused-ring (bicyclic) bond motifs is 3. The van der Waals surface area contributed by atoms with E-state index >= 15 is 0 Å². The van der Waals surface area contributed by atoms with Crippen molar-refractivity contribution in [3.63, 3.8) is 0 Å². The Morgan fingerprint density at radius 3 is 2.89 bits per heavy atom. The van der Waals surface area contributed by atoms with E-state index in [4.69, 9.17) is 4.74 Å². The molecule has 2 aromatic carbocycles. The number of nitrogens with one attached hydrogen (secondary N) is 1. The topological polar surface area (TPSA) is 21.3 Å². The molecule has 2 aliphatic rings. The zero-order chi connectivity index (χ0) is 12.8. The highest BCUT2D eigenvalue weighted by Gasteiger charge is 2.41. The zero-order valence-electron chi connectivity index (χ0n) is 10.3. The Hall–Kier alpha value is -1.16. The molecule has 0 spiro atoms. The Morgan fingerprint density at radius 1 is 1.11 bits per heavy atom. The number of halogens is 1. The molecule has 2 aromatic rings. The Balaban J connectivity index is 1.63. The van der Waals surface area contributed by atoms with Gasteiger partial charge >= 0.3 is 0 Å². The summed E-state index contributed by atoms with van der Waals surface area (Å²) in [6.07, 6.45) is 1.28. The molecule has 1 aliphatic heterocycles. The van der Waals surface area contributed by atoms with Gasteiger partial charge in [-0.05, 0) is 28.8 Å². The highest BCUT2D eigenvalue weighted by Crippen LogP contribution is 2.41. The van der Waals surface area contributed by atoms with Gasteiger partial charge in [0, 0.05) is 10.9 Å². The number of benzene rings is 2. The molecule has 3 heteroatoms. The fraction of sp³-hybridized carbons (Fsp3) is 0.250. The zero-order valence-corrected chi connectivity index (χ0v) is 11.9. The van der Waals surface area contributed by atoms with Crippen molar-refractivity contribution in [1.82, 2.24) is 5.32 Å². The lowest BCUT2D eigenvalue weighted by Gasteiger charge is -2.14. The van der Waals surface area contributed by atoms with Crippen molar-refractivity contribution in [1.29, 1.82) is 0 Å². The molecule has 0 aromatic heterocycles. The van der Waals surface area contributed by atoms with Crippen LogP contribution in [0, 0.1) is 0 Å². The quantitative estimate of drug-likeness (QED) is 0.865. The lowest BCUT2D eigenvalue weighted by molar-refractivity contribution is 0.0399. The standard InChI is InChI=1S/C16H14BrNO/c17-12-6-3-5-11(8-12)16-18-15-13-7-2-1-4-10(13)9-14(15)19-16/h1-8,14-16,18H,9H2/t14-,15+,16?/m0/s1. The molecule has 1 saturated heterocycles. The fourth-order valence-electron chi connectivity index (χ4n) is 3.10. The third kappa shape index (κ3) is 1.93. The third-order valence-electron chi connectivity index (χ3n) is 3.98. The van der Waals surface area contributed by atoms with Gasteiger partial charge in [-0.3, -0.25) is 5.32 Å². The van der Waals surface area contributed by atoms with Gasteiger partial charge in [-0.2, -0.15) is 0 Å². The molecule has 0 bridgehead atoms. The van der Waals surface area contributed by atoms with Crippen molar-refractivity contribution < 1.29 is 4.74 Å². The molecule has 0 saturated carbocycles. The second-order valence-electron chi connectivity index (χ2n) is 5.16. The Labute approximate surface area is 120 Å². The first kappa shape index (κ1) is 11.6. The summed E-state index contributed by atoms with van der Waals surface area (Å²) in [5.41, 5.74) is 3.99. The van der Waals surface area contributed by atoms with Crippen LogP contribution in [-0.4, -0.2) is 6.10 Å². The summed E-state index contributed by atoms with van der Waals surface area (Å²) < 4.78 is 7.27. The summed E-state index contributed by atoms with van der Waals surface area (Å²) in [6.45, 7) is 0. The molecule has 0 amide bonds. The summed E-state index contributed by atoms with van der Waals surface area (Å²) in [6, 6.07) is 17.3. The second-order valence-corrected chi connectivity index (χ2v) is 6.07. The molecule has 1 aliphatic carbocycles. The van der Waals surface area contributed by atoms with Crippen LogP contribution in [0.2, 0.25) is 0 Å². The van der Waals surface area contributed by atoms with Crippen LogP contribution in [0.4, 0.5) is 0 Å². The average Bonchev–Trinajstić information content (AvgIpc) is 2.96. The van der Waals surface area contributed by atoms with Crippen LogP contribution in [0.1, 0.15) is 29.0 Å². The lowest BCUT2D eigenvalue weighted by Crippen LogP contribution is -2.19.